The van der Waals surface area contributed by atoms with Crippen molar-refractivity contribution in [1.29, 1.82) is 0 Å². The van der Waals surface area contributed by atoms with Crippen molar-refractivity contribution in [2.24, 2.45) is 0 Å². The summed E-state index contributed by atoms with van der Waals surface area (Å²) in [5.74, 6) is 0. The Labute approximate surface area is 144 Å². The zero-order valence-corrected chi connectivity index (χ0v) is 14.1. The zero-order chi connectivity index (χ0) is 17.6. The van der Waals surface area contributed by atoms with Crippen LogP contribution in [0.15, 0.2) is 58.1 Å². The molecule has 0 aliphatic heterocycles. The Morgan fingerprint density at radius 2 is 1.08 bits per heavy atom. The van der Waals surface area contributed by atoms with Gasteiger partial charge < -0.3 is 9.97 Å². The van der Waals surface area contributed by atoms with Crippen molar-refractivity contribution in [3.63, 3.8) is 0 Å². The Balaban J connectivity index is 1.95. The van der Waals surface area contributed by atoms with Crippen LogP contribution in [-0.2, 0) is 6.42 Å². The fourth-order valence-electron chi connectivity index (χ4n) is 3.40. The molecule has 0 atom stereocenters. The second kappa shape index (κ2) is 5.74. The zero-order valence-electron chi connectivity index (χ0n) is 14.1. The van der Waals surface area contributed by atoms with E-state index in [2.05, 4.69) is 9.97 Å². The van der Waals surface area contributed by atoms with E-state index >= 15 is 0 Å². The van der Waals surface area contributed by atoms with Gasteiger partial charge in [-0.15, -0.1) is 0 Å². The number of H-pyrrole nitrogens is 2. The average Bonchev–Trinajstić information content (AvgIpc) is 2.61. The monoisotopic (exact) mass is 330 g/mol. The predicted molar refractivity (Wildman–Crippen MR) is 101 cm³/mol. The van der Waals surface area contributed by atoms with Crippen LogP contribution in [0.4, 0.5) is 0 Å². The van der Waals surface area contributed by atoms with Gasteiger partial charge in [-0.1, -0.05) is 24.3 Å². The van der Waals surface area contributed by atoms with Crippen LogP contribution >= 0.6 is 0 Å². The molecule has 25 heavy (non-hydrogen) atoms. The minimum Gasteiger partial charge on any atom is -0.358 e. The van der Waals surface area contributed by atoms with Crippen LogP contribution in [0.2, 0.25) is 0 Å². The molecular formula is C21H18N2O2. The summed E-state index contributed by atoms with van der Waals surface area (Å²) < 4.78 is 0. The highest BCUT2D eigenvalue weighted by Gasteiger charge is 2.15. The molecule has 2 N–H and O–H groups in total. The van der Waals surface area contributed by atoms with E-state index in [1.54, 1.807) is 0 Å². The van der Waals surface area contributed by atoms with Crippen molar-refractivity contribution in [3.05, 3.63) is 91.5 Å². The van der Waals surface area contributed by atoms with E-state index in [9.17, 15) is 9.59 Å². The van der Waals surface area contributed by atoms with E-state index in [0.717, 1.165) is 22.4 Å². The molecule has 2 aromatic heterocycles. The first-order valence-electron chi connectivity index (χ1n) is 8.27. The molecule has 4 heteroatoms. The van der Waals surface area contributed by atoms with E-state index in [1.807, 2.05) is 62.4 Å². The molecule has 0 saturated carbocycles. The summed E-state index contributed by atoms with van der Waals surface area (Å²) in [5, 5.41) is 1.30. The van der Waals surface area contributed by atoms with E-state index in [4.69, 9.17) is 0 Å². The van der Waals surface area contributed by atoms with Gasteiger partial charge in [-0.2, -0.15) is 0 Å². The summed E-state index contributed by atoms with van der Waals surface area (Å²) in [7, 11) is 0. The number of fused-ring (bicyclic) bond motifs is 2. The maximum Gasteiger partial charge on any atom is 0.193 e. The highest BCUT2D eigenvalue weighted by Crippen LogP contribution is 2.16. The quantitative estimate of drug-likeness (QED) is 0.590. The molecule has 2 heterocycles. The van der Waals surface area contributed by atoms with Crippen molar-refractivity contribution in [3.8, 4) is 0 Å². The van der Waals surface area contributed by atoms with E-state index in [-0.39, 0.29) is 10.9 Å². The molecule has 0 aliphatic rings. The largest absolute Gasteiger partial charge is 0.358 e. The third kappa shape index (κ3) is 2.47. The van der Waals surface area contributed by atoms with Crippen molar-refractivity contribution in [2.75, 3.05) is 0 Å². The van der Waals surface area contributed by atoms with Crippen LogP contribution in [0.1, 0.15) is 22.5 Å². The van der Waals surface area contributed by atoms with Crippen LogP contribution in [0, 0.1) is 13.8 Å². The number of para-hydroxylation sites is 2. The summed E-state index contributed by atoms with van der Waals surface area (Å²) in [5.41, 5.74) is 4.49. The van der Waals surface area contributed by atoms with Gasteiger partial charge in [-0.3, -0.25) is 9.59 Å². The lowest BCUT2D eigenvalue weighted by Gasteiger charge is -2.11. The van der Waals surface area contributed by atoms with Crippen molar-refractivity contribution in [2.45, 2.75) is 20.3 Å². The van der Waals surface area contributed by atoms with Crippen molar-refractivity contribution in [1.82, 2.24) is 9.97 Å². The number of aromatic amines is 2. The summed E-state index contributed by atoms with van der Waals surface area (Å²) >= 11 is 0. The smallest absolute Gasteiger partial charge is 0.193 e. The number of hydrogen-bond donors (Lipinski definition) is 2. The lowest BCUT2D eigenvalue weighted by atomic mass is 9.98. The third-order valence-electron chi connectivity index (χ3n) is 4.79. The summed E-state index contributed by atoms with van der Waals surface area (Å²) in [6, 6.07) is 14.9. The lowest BCUT2D eigenvalue weighted by Crippen LogP contribution is -2.19. The van der Waals surface area contributed by atoms with Crippen LogP contribution in [-0.4, -0.2) is 9.97 Å². The average molecular weight is 330 g/mol. The number of nitrogens with one attached hydrogen (secondary N) is 2. The number of aryl methyl sites for hydroxylation is 2. The molecule has 0 saturated heterocycles. The Morgan fingerprint density at radius 3 is 1.52 bits per heavy atom. The molecule has 0 amide bonds. The number of benzene rings is 2. The van der Waals surface area contributed by atoms with Gasteiger partial charge >= 0.3 is 0 Å². The highest BCUT2D eigenvalue weighted by molar-refractivity contribution is 5.80. The molecule has 4 rings (SSSR count). The third-order valence-corrected chi connectivity index (χ3v) is 4.79. The topological polar surface area (TPSA) is 65.7 Å². The molecule has 4 aromatic rings. The van der Waals surface area contributed by atoms with Gasteiger partial charge in [0.1, 0.15) is 0 Å². The first kappa shape index (κ1) is 15.4. The second-order valence-corrected chi connectivity index (χ2v) is 6.38. The Bertz CT molecular complexity index is 1140. The van der Waals surface area contributed by atoms with Crippen LogP contribution < -0.4 is 10.9 Å². The van der Waals surface area contributed by atoms with Crippen LogP contribution in [0.3, 0.4) is 0 Å². The molecule has 4 nitrogen and oxygen atoms in total. The molecule has 0 bridgehead atoms. The Morgan fingerprint density at radius 1 is 0.680 bits per heavy atom. The standard InChI is InChI=1S/C21H18N2O2/c1-12-16(20(24)14-7-3-5-9-18(14)22-12)11-17-13(2)23-19-10-6-4-8-15(19)21(17)25/h3-10H,11H2,1-2H3,(H,22,24)(H,23,25). The fraction of sp³-hybridized carbons (Fsp3) is 0.143. The van der Waals surface area contributed by atoms with E-state index in [0.29, 0.717) is 28.3 Å². The fourth-order valence-corrected chi connectivity index (χ4v) is 3.40. The number of hydrogen-bond acceptors (Lipinski definition) is 2. The van der Waals surface area contributed by atoms with Gasteiger partial charge in [0.15, 0.2) is 10.9 Å². The first-order valence-corrected chi connectivity index (χ1v) is 8.27. The molecule has 0 fully saturated rings. The van der Waals surface area contributed by atoms with Gasteiger partial charge in [0.25, 0.3) is 0 Å². The summed E-state index contributed by atoms with van der Waals surface area (Å²) in [6.45, 7) is 3.77. The molecule has 124 valence electrons. The number of aromatic nitrogens is 2. The van der Waals surface area contributed by atoms with E-state index in [1.165, 1.54) is 0 Å². The molecular weight excluding hydrogens is 312 g/mol. The maximum atomic E-state index is 12.9. The first-order chi connectivity index (χ1) is 12.1. The number of pyridine rings is 2. The Kier molecular flexibility index (Phi) is 3.53. The maximum absolute atomic E-state index is 12.9. The normalized spacial score (nSPS) is 11.3. The van der Waals surface area contributed by atoms with E-state index < -0.39 is 0 Å². The molecule has 0 unspecified atom stereocenters. The second-order valence-electron chi connectivity index (χ2n) is 6.38. The SMILES string of the molecule is Cc1[nH]c2ccccc2c(=O)c1Cc1c(C)[nH]c2ccccc2c1=O. The minimum absolute atomic E-state index is 0.0150. The lowest BCUT2D eigenvalue weighted by molar-refractivity contribution is 1.04. The van der Waals surface area contributed by atoms with Gasteiger partial charge in [-0.05, 0) is 38.1 Å². The minimum atomic E-state index is -0.0150. The van der Waals surface area contributed by atoms with Crippen LogP contribution in [0.5, 0.6) is 0 Å². The molecule has 0 radical (unpaired) electrons. The molecule has 2 aromatic carbocycles. The van der Waals surface area contributed by atoms with Gasteiger partial charge in [0.2, 0.25) is 0 Å². The Hall–Kier alpha value is -3.14. The van der Waals surface area contributed by atoms with Gasteiger partial charge in [-0.25, -0.2) is 0 Å². The van der Waals surface area contributed by atoms with Crippen molar-refractivity contribution < 1.29 is 0 Å². The van der Waals surface area contributed by atoms with Gasteiger partial charge in [0, 0.05) is 50.7 Å². The predicted octanol–water partition coefficient (Wildman–Crippen LogP) is 3.58. The highest BCUT2D eigenvalue weighted by atomic mass is 16.1. The van der Waals surface area contributed by atoms with Crippen LogP contribution in [0.25, 0.3) is 21.8 Å². The summed E-state index contributed by atoms with van der Waals surface area (Å²) in [4.78, 5) is 32.4. The van der Waals surface area contributed by atoms with Crippen molar-refractivity contribution >= 4 is 21.8 Å². The molecule has 0 spiro atoms. The number of rotatable bonds is 2. The summed E-state index contributed by atoms with van der Waals surface area (Å²) in [6.07, 6.45) is 0.317. The molecule has 0 aliphatic carbocycles. The van der Waals surface area contributed by atoms with Gasteiger partial charge in [0.05, 0.1) is 0 Å².